The Hall–Kier alpha value is -2.33. The zero-order chi connectivity index (χ0) is 15.9. The fraction of sp³-hybridized carbons (Fsp3) is 0.278. The smallest absolute Gasteiger partial charge is 0.258 e. The van der Waals surface area contributed by atoms with Crippen LogP contribution in [-0.2, 0) is 4.74 Å². The minimum absolute atomic E-state index is 0.0331. The molecule has 4 nitrogen and oxygen atoms in total. The fourth-order valence-electron chi connectivity index (χ4n) is 2.28. The lowest BCUT2D eigenvalue weighted by Crippen LogP contribution is -2.26. The van der Waals surface area contributed by atoms with Crippen molar-refractivity contribution in [3.63, 3.8) is 0 Å². The van der Waals surface area contributed by atoms with Crippen molar-refractivity contribution in [2.24, 2.45) is 0 Å². The maximum absolute atomic E-state index is 12.6. The predicted molar refractivity (Wildman–Crippen MR) is 90.6 cm³/mol. The molecule has 0 fully saturated rings. The molecular formula is C18H22N2O2. The Bertz CT molecular complexity index is 613. The number of carbonyl (C=O) groups excluding carboxylic acids is 1. The molecule has 1 atom stereocenters. The number of hydrogen-bond donors (Lipinski definition) is 1. The SMILES string of the molecule is COCC(C)Nc1cccc(C(=O)N(C)c2ccccc2)c1. The third-order valence-electron chi connectivity index (χ3n) is 3.39. The van der Waals surface area contributed by atoms with E-state index in [0.717, 1.165) is 11.4 Å². The molecule has 1 N–H and O–H groups in total. The van der Waals surface area contributed by atoms with Gasteiger partial charge in [0, 0.05) is 37.1 Å². The van der Waals surface area contributed by atoms with E-state index in [1.54, 1.807) is 19.1 Å². The van der Waals surface area contributed by atoms with Crippen LogP contribution in [0.25, 0.3) is 0 Å². The second-order valence-corrected chi connectivity index (χ2v) is 5.28. The minimum Gasteiger partial charge on any atom is -0.383 e. The van der Waals surface area contributed by atoms with E-state index in [9.17, 15) is 4.79 Å². The summed E-state index contributed by atoms with van der Waals surface area (Å²) in [4.78, 5) is 14.2. The quantitative estimate of drug-likeness (QED) is 0.888. The van der Waals surface area contributed by atoms with E-state index in [0.29, 0.717) is 12.2 Å². The van der Waals surface area contributed by atoms with E-state index in [2.05, 4.69) is 5.32 Å². The number of amides is 1. The van der Waals surface area contributed by atoms with Gasteiger partial charge in [-0.25, -0.2) is 0 Å². The molecule has 0 radical (unpaired) electrons. The lowest BCUT2D eigenvalue weighted by atomic mass is 10.1. The number of nitrogens with zero attached hydrogens (tertiary/aromatic N) is 1. The number of anilines is 2. The molecule has 0 aliphatic heterocycles. The van der Waals surface area contributed by atoms with Crippen LogP contribution >= 0.6 is 0 Å². The summed E-state index contributed by atoms with van der Waals surface area (Å²) in [5, 5.41) is 3.32. The zero-order valence-electron chi connectivity index (χ0n) is 13.2. The molecule has 116 valence electrons. The molecule has 0 aliphatic rings. The number of methoxy groups -OCH3 is 1. The maximum Gasteiger partial charge on any atom is 0.258 e. The van der Waals surface area contributed by atoms with E-state index in [-0.39, 0.29) is 11.9 Å². The molecule has 0 saturated heterocycles. The topological polar surface area (TPSA) is 41.6 Å². The van der Waals surface area contributed by atoms with Crippen molar-refractivity contribution < 1.29 is 9.53 Å². The number of nitrogens with one attached hydrogen (secondary N) is 1. The number of para-hydroxylation sites is 1. The van der Waals surface area contributed by atoms with E-state index in [4.69, 9.17) is 4.74 Å². The monoisotopic (exact) mass is 298 g/mol. The summed E-state index contributed by atoms with van der Waals surface area (Å²) < 4.78 is 5.11. The van der Waals surface area contributed by atoms with Crippen molar-refractivity contribution in [3.8, 4) is 0 Å². The highest BCUT2D eigenvalue weighted by Gasteiger charge is 2.13. The normalized spacial score (nSPS) is 11.8. The first kappa shape index (κ1) is 16.0. The molecule has 0 heterocycles. The van der Waals surface area contributed by atoms with Crippen LogP contribution in [0, 0.1) is 0 Å². The van der Waals surface area contributed by atoms with Crippen LogP contribution in [0.5, 0.6) is 0 Å². The summed E-state index contributed by atoms with van der Waals surface area (Å²) in [6.45, 7) is 2.65. The Balaban J connectivity index is 2.13. The first-order chi connectivity index (χ1) is 10.6. The molecule has 2 aromatic rings. The van der Waals surface area contributed by atoms with Gasteiger partial charge in [-0.15, -0.1) is 0 Å². The third kappa shape index (κ3) is 4.09. The van der Waals surface area contributed by atoms with Crippen LogP contribution in [0.3, 0.4) is 0 Å². The van der Waals surface area contributed by atoms with Gasteiger partial charge in [0.05, 0.1) is 6.61 Å². The van der Waals surface area contributed by atoms with Gasteiger partial charge in [-0.2, -0.15) is 0 Å². The highest BCUT2D eigenvalue weighted by Crippen LogP contribution is 2.17. The Kier molecular flexibility index (Phi) is 5.55. The first-order valence-electron chi connectivity index (χ1n) is 7.30. The van der Waals surface area contributed by atoms with Gasteiger partial charge in [-0.3, -0.25) is 4.79 Å². The van der Waals surface area contributed by atoms with Gasteiger partial charge in [0.25, 0.3) is 5.91 Å². The Morgan fingerprint density at radius 2 is 1.91 bits per heavy atom. The molecule has 0 bridgehead atoms. The molecule has 1 amide bonds. The first-order valence-corrected chi connectivity index (χ1v) is 7.30. The van der Waals surface area contributed by atoms with Crippen LogP contribution in [0.4, 0.5) is 11.4 Å². The van der Waals surface area contributed by atoms with Crippen molar-refractivity contribution in [3.05, 3.63) is 60.2 Å². The second-order valence-electron chi connectivity index (χ2n) is 5.28. The van der Waals surface area contributed by atoms with Crippen molar-refractivity contribution in [2.45, 2.75) is 13.0 Å². The standard InChI is InChI=1S/C18H22N2O2/c1-14(13-22-3)19-16-9-7-8-15(12-16)18(21)20(2)17-10-5-4-6-11-17/h4-12,14,19H,13H2,1-3H3. The molecular weight excluding hydrogens is 276 g/mol. The average molecular weight is 298 g/mol. The van der Waals surface area contributed by atoms with E-state index >= 15 is 0 Å². The van der Waals surface area contributed by atoms with Gasteiger partial charge < -0.3 is 15.0 Å². The summed E-state index contributed by atoms with van der Waals surface area (Å²) >= 11 is 0. The molecule has 0 saturated carbocycles. The summed E-state index contributed by atoms with van der Waals surface area (Å²) in [5.41, 5.74) is 2.44. The van der Waals surface area contributed by atoms with Gasteiger partial charge >= 0.3 is 0 Å². The van der Waals surface area contributed by atoms with Gasteiger partial charge in [0.1, 0.15) is 0 Å². The number of rotatable bonds is 6. The Morgan fingerprint density at radius 1 is 1.18 bits per heavy atom. The van der Waals surface area contributed by atoms with Crippen LogP contribution in [0.1, 0.15) is 17.3 Å². The molecule has 2 rings (SSSR count). The summed E-state index contributed by atoms with van der Waals surface area (Å²) in [6, 6.07) is 17.3. The van der Waals surface area contributed by atoms with Gasteiger partial charge in [0.15, 0.2) is 0 Å². The van der Waals surface area contributed by atoms with Crippen molar-refractivity contribution in [1.29, 1.82) is 0 Å². The second kappa shape index (κ2) is 7.61. The number of hydrogen-bond acceptors (Lipinski definition) is 3. The molecule has 0 aromatic heterocycles. The number of carbonyl (C=O) groups is 1. The van der Waals surface area contributed by atoms with Crippen LogP contribution in [-0.4, -0.2) is 32.7 Å². The molecule has 0 aliphatic carbocycles. The van der Waals surface area contributed by atoms with Gasteiger partial charge in [-0.05, 0) is 37.3 Å². The lowest BCUT2D eigenvalue weighted by molar-refractivity contribution is 0.0993. The summed E-state index contributed by atoms with van der Waals surface area (Å²) in [7, 11) is 3.46. The van der Waals surface area contributed by atoms with E-state index < -0.39 is 0 Å². The molecule has 22 heavy (non-hydrogen) atoms. The maximum atomic E-state index is 12.6. The third-order valence-corrected chi connectivity index (χ3v) is 3.39. The van der Waals surface area contributed by atoms with Crippen LogP contribution in [0.2, 0.25) is 0 Å². The van der Waals surface area contributed by atoms with Crippen LogP contribution < -0.4 is 10.2 Å². The van der Waals surface area contributed by atoms with Gasteiger partial charge in [-0.1, -0.05) is 24.3 Å². The largest absolute Gasteiger partial charge is 0.383 e. The van der Waals surface area contributed by atoms with Crippen LogP contribution in [0.15, 0.2) is 54.6 Å². The fourth-order valence-corrected chi connectivity index (χ4v) is 2.28. The molecule has 2 aromatic carbocycles. The number of benzene rings is 2. The predicted octanol–water partition coefficient (Wildman–Crippen LogP) is 3.41. The van der Waals surface area contributed by atoms with Crippen molar-refractivity contribution >= 4 is 17.3 Å². The average Bonchev–Trinajstić information content (AvgIpc) is 2.54. The Morgan fingerprint density at radius 3 is 2.59 bits per heavy atom. The molecule has 1 unspecified atom stereocenters. The minimum atomic E-state index is -0.0331. The lowest BCUT2D eigenvalue weighted by Gasteiger charge is -2.19. The highest BCUT2D eigenvalue weighted by atomic mass is 16.5. The molecule has 4 heteroatoms. The van der Waals surface area contributed by atoms with E-state index in [1.165, 1.54) is 0 Å². The van der Waals surface area contributed by atoms with Gasteiger partial charge in [0.2, 0.25) is 0 Å². The summed E-state index contributed by atoms with van der Waals surface area (Å²) in [6.07, 6.45) is 0. The molecule has 0 spiro atoms. The van der Waals surface area contributed by atoms with E-state index in [1.807, 2.05) is 61.5 Å². The summed E-state index contributed by atoms with van der Waals surface area (Å²) in [5.74, 6) is -0.0331. The highest BCUT2D eigenvalue weighted by molar-refractivity contribution is 6.06. The zero-order valence-corrected chi connectivity index (χ0v) is 13.2. The van der Waals surface area contributed by atoms with Crippen molar-refractivity contribution in [2.75, 3.05) is 31.0 Å². The number of ether oxygens (including phenoxy) is 1. The Labute approximate surface area is 131 Å². The van der Waals surface area contributed by atoms with Crippen molar-refractivity contribution in [1.82, 2.24) is 0 Å².